The molecule has 0 aliphatic carbocycles. The Morgan fingerprint density at radius 2 is 1.21 bits per heavy atom. The first kappa shape index (κ1) is 19.4. The first-order chi connectivity index (χ1) is 14.3. The highest BCUT2D eigenvalue weighted by Gasteiger charge is 2.47. The summed E-state index contributed by atoms with van der Waals surface area (Å²) in [5.41, 5.74) is 2.34. The van der Waals surface area contributed by atoms with Crippen molar-refractivity contribution in [2.45, 2.75) is 31.3 Å². The lowest BCUT2D eigenvalue weighted by atomic mass is 9.79. The summed E-state index contributed by atoms with van der Waals surface area (Å²) in [5.74, 6) is 0.0423. The van der Waals surface area contributed by atoms with E-state index in [1.165, 1.54) is 6.42 Å². The van der Waals surface area contributed by atoms with Crippen LogP contribution in [0.5, 0.6) is 0 Å². The third kappa shape index (κ3) is 3.96. The van der Waals surface area contributed by atoms with Gasteiger partial charge >= 0.3 is 0 Å². The quantitative estimate of drug-likeness (QED) is 0.666. The number of nitrogens with one attached hydrogen (secondary N) is 1. The summed E-state index contributed by atoms with van der Waals surface area (Å²) in [6.45, 7) is 2.36. The van der Waals surface area contributed by atoms with Gasteiger partial charge < -0.3 is 5.32 Å². The van der Waals surface area contributed by atoms with E-state index in [1.807, 2.05) is 66.7 Å². The molecule has 3 aromatic rings. The number of nitrogens with zero attached hydrogens (tertiary/aromatic N) is 1. The Hall–Kier alpha value is -2.91. The standard InChI is InChI=1S/C26H28N2O/c29-25(27-21-22-13-5-1-6-14-22)26(23-15-7-2-8-16-23,24-17-9-3-10-18-24)28-19-11-4-12-20-28/h1-3,5-10,13-18H,4,11-12,19-21H2,(H,27,29). The van der Waals surface area contributed by atoms with Crippen molar-refractivity contribution < 1.29 is 4.79 Å². The van der Waals surface area contributed by atoms with Crippen molar-refractivity contribution in [2.24, 2.45) is 0 Å². The lowest BCUT2D eigenvalue weighted by Crippen LogP contribution is -2.58. The van der Waals surface area contributed by atoms with Crippen LogP contribution in [0.4, 0.5) is 0 Å². The molecule has 0 spiro atoms. The molecule has 148 valence electrons. The summed E-state index contributed by atoms with van der Waals surface area (Å²) in [5, 5.41) is 3.25. The van der Waals surface area contributed by atoms with E-state index in [1.54, 1.807) is 0 Å². The Balaban J connectivity index is 1.79. The molecule has 1 amide bonds. The number of rotatable bonds is 6. The number of benzene rings is 3. The van der Waals surface area contributed by atoms with Gasteiger partial charge in [-0.3, -0.25) is 9.69 Å². The topological polar surface area (TPSA) is 32.3 Å². The fraction of sp³-hybridized carbons (Fsp3) is 0.269. The van der Waals surface area contributed by atoms with Gasteiger partial charge in [0.1, 0.15) is 0 Å². The molecule has 0 atom stereocenters. The van der Waals surface area contributed by atoms with Gasteiger partial charge in [-0.1, -0.05) is 97.4 Å². The van der Waals surface area contributed by atoms with Crippen molar-refractivity contribution in [3.05, 3.63) is 108 Å². The molecule has 4 rings (SSSR count). The zero-order valence-corrected chi connectivity index (χ0v) is 16.8. The predicted octanol–water partition coefficient (Wildman–Crippen LogP) is 4.73. The van der Waals surface area contributed by atoms with Gasteiger partial charge in [-0.2, -0.15) is 0 Å². The van der Waals surface area contributed by atoms with E-state index in [0.717, 1.165) is 42.6 Å². The van der Waals surface area contributed by atoms with Crippen molar-refractivity contribution >= 4 is 5.91 Å². The largest absolute Gasteiger partial charge is 0.350 e. The van der Waals surface area contributed by atoms with E-state index in [-0.39, 0.29) is 5.91 Å². The highest BCUT2D eigenvalue weighted by Crippen LogP contribution is 2.38. The van der Waals surface area contributed by atoms with Crippen LogP contribution in [-0.4, -0.2) is 23.9 Å². The minimum Gasteiger partial charge on any atom is -0.350 e. The molecule has 3 nitrogen and oxygen atoms in total. The maximum absolute atomic E-state index is 14.0. The minimum atomic E-state index is -0.822. The van der Waals surface area contributed by atoms with E-state index < -0.39 is 5.54 Å². The van der Waals surface area contributed by atoms with Gasteiger partial charge in [-0.15, -0.1) is 0 Å². The zero-order valence-electron chi connectivity index (χ0n) is 16.8. The van der Waals surface area contributed by atoms with E-state index >= 15 is 0 Å². The lowest BCUT2D eigenvalue weighted by molar-refractivity contribution is -0.132. The van der Waals surface area contributed by atoms with Gasteiger partial charge in [-0.05, 0) is 42.6 Å². The van der Waals surface area contributed by atoms with Gasteiger partial charge in [0, 0.05) is 6.54 Å². The number of hydrogen-bond acceptors (Lipinski definition) is 2. The van der Waals surface area contributed by atoms with Crippen LogP contribution in [0, 0.1) is 0 Å². The average molecular weight is 385 g/mol. The highest BCUT2D eigenvalue weighted by atomic mass is 16.2. The second-order valence-corrected chi connectivity index (χ2v) is 7.66. The molecule has 1 saturated heterocycles. The number of likely N-dealkylation sites (tertiary alicyclic amines) is 1. The smallest absolute Gasteiger partial charge is 0.250 e. The molecule has 0 unspecified atom stereocenters. The van der Waals surface area contributed by atoms with Crippen LogP contribution in [-0.2, 0) is 16.9 Å². The van der Waals surface area contributed by atoms with Crippen molar-refractivity contribution in [1.82, 2.24) is 10.2 Å². The lowest BCUT2D eigenvalue weighted by Gasteiger charge is -2.45. The third-order valence-corrected chi connectivity index (χ3v) is 5.84. The van der Waals surface area contributed by atoms with Crippen LogP contribution in [0.25, 0.3) is 0 Å². The number of piperidine rings is 1. The predicted molar refractivity (Wildman–Crippen MR) is 117 cm³/mol. The Bertz CT molecular complexity index is 864. The molecule has 3 heteroatoms. The fourth-order valence-corrected chi connectivity index (χ4v) is 4.43. The average Bonchev–Trinajstić information content (AvgIpc) is 2.81. The monoisotopic (exact) mass is 384 g/mol. The molecule has 0 aromatic heterocycles. The normalized spacial score (nSPS) is 15.0. The molecule has 1 N–H and O–H groups in total. The van der Waals surface area contributed by atoms with E-state index in [4.69, 9.17) is 0 Å². The van der Waals surface area contributed by atoms with Gasteiger partial charge in [-0.25, -0.2) is 0 Å². The van der Waals surface area contributed by atoms with Crippen LogP contribution in [0.1, 0.15) is 36.0 Å². The second-order valence-electron chi connectivity index (χ2n) is 7.66. The highest BCUT2D eigenvalue weighted by molar-refractivity contribution is 5.91. The molecule has 0 bridgehead atoms. The van der Waals surface area contributed by atoms with Crippen molar-refractivity contribution in [2.75, 3.05) is 13.1 Å². The summed E-state index contributed by atoms with van der Waals surface area (Å²) in [4.78, 5) is 16.4. The summed E-state index contributed by atoms with van der Waals surface area (Å²) >= 11 is 0. The molecule has 29 heavy (non-hydrogen) atoms. The van der Waals surface area contributed by atoms with Crippen LogP contribution in [0.2, 0.25) is 0 Å². The van der Waals surface area contributed by atoms with Gasteiger partial charge in [0.2, 0.25) is 5.91 Å². The molecule has 0 saturated carbocycles. The summed E-state index contributed by atoms with van der Waals surface area (Å²) in [7, 11) is 0. The van der Waals surface area contributed by atoms with Crippen LogP contribution in [0.3, 0.4) is 0 Å². The molecule has 1 aliphatic heterocycles. The van der Waals surface area contributed by atoms with Crippen molar-refractivity contribution in [3.63, 3.8) is 0 Å². The maximum atomic E-state index is 14.0. The SMILES string of the molecule is O=C(NCc1ccccc1)C(c1ccccc1)(c1ccccc1)N1CCCCC1. The molecule has 1 fully saturated rings. The third-order valence-electron chi connectivity index (χ3n) is 5.84. The second kappa shape index (κ2) is 9.06. The Labute approximate surface area is 173 Å². The van der Waals surface area contributed by atoms with E-state index in [9.17, 15) is 4.79 Å². The summed E-state index contributed by atoms with van der Waals surface area (Å²) in [6.07, 6.45) is 3.46. The number of carbonyl (C=O) groups is 1. The van der Waals surface area contributed by atoms with Crippen LogP contribution < -0.4 is 5.32 Å². The summed E-state index contributed by atoms with van der Waals surface area (Å²) < 4.78 is 0. The van der Waals surface area contributed by atoms with E-state index in [0.29, 0.717) is 6.54 Å². The molecule has 0 radical (unpaired) electrons. The van der Waals surface area contributed by atoms with Gasteiger partial charge in [0.05, 0.1) is 0 Å². The first-order valence-corrected chi connectivity index (χ1v) is 10.5. The van der Waals surface area contributed by atoms with E-state index in [2.05, 4.69) is 34.5 Å². The van der Waals surface area contributed by atoms with Crippen LogP contribution >= 0.6 is 0 Å². The number of hydrogen-bond donors (Lipinski definition) is 1. The Kier molecular flexibility index (Phi) is 6.06. The molecule has 3 aromatic carbocycles. The minimum absolute atomic E-state index is 0.0423. The number of carbonyl (C=O) groups excluding carboxylic acids is 1. The van der Waals surface area contributed by atoms with Crippen molar-refractivity contribution in [1.29, 1.82) is 0 Å². The fourth-order valence-electron chi connectivity index (χ4n) is 4.43. The summed E-state index contributed by atoms with van der Waals surface area (Å²) in [6, 6.07) is 30.6. The number of amides is 1. The molecular formula is C26H28N2O. The molecule has 1 aliphatic rings. The van der Waals surface area contributed by atoms with Gasteiger partial charge in [0.25, 0.3) is 0 Å². The maximum Gasteiger partial charge on any atom is 0.250 e. The first-order valence-electron chi connectivity index (χ1n) is 10.5. The Morgan fingerprint density at radius 1 is 0.724 bits per heavy atom. The molecular weight excluding hydrogens is 356 g/mol. The Morgan fingerprint density at radius 3 is 1.72 bits per heavy atom. The van der Waals surface area contributed by atoms with Crippen molar-refractivity contribution in [3.8, 4) is 0 Å². The van der Waals surface area contributed by atoms with Gasteiger partial charge in [0.15, 0.2) is 5.54 Å². The van der Waals surface area contributed by atoms with Crippen LogP contribution in [0.15, 0.2) is 91.0 Å². The molecule has 1 heterocycles. The zero-order chi connectivity index (χ0) is 19.9.